The highest BCUT2D eigenvalue weighted by Gasteiger charge is 2.36. The largest absolute Gasteiger partial charge is 0.387 e. The van der Waals surface area contributed by atoms with Crippen LogP contribution in [0.25, 0.3) is 0 Å². The molecule has 5 nitrogen and oxygen atoms in total. The third-order valence-corrected chi connectivity index (χ3v) is 4.91. The van der Waals surface area contributed by atoms with E-state index in [4.69, 9.17) is 11.6 Å². The summed E-state index contributed by atoms with van der Waals surface area (Å²) < 4.78 is 0. The molecule has 0 aromatic heterocycles. The molecule has 0 spiro atoms. The Bertz CT molecular complexity index is 542. The number of hydrogen-bond acceptors (Lipinski definition) is 4. The van der Waals surface area contributed by atoms with E-state index in [0.29, 0.717) is 10.6 Å². The maximum Gasteiger partial charge on any atom is 0.240 e. The number of carbonyl (C=O) groups excluding carboxylic acids is 1. The first-order valence-electron chi connectivity index (χ1n) is 7.96. The van der Waals surface area contributed by atoms with Crippen molar-refractivity contribution >= 4 is 17.5 Å². The first-order chi connectivity index (χ1) is 10.8. The number of carbonyl (C=O) groups is 1. The Hall–Kier alpha value is -1.14. The maximum absolute atomic E-state index is 12.6. The second kappa shape index (κ2) is 7.62. The summed E-state index contributed by atoms with van der Waals surface area (Å²) in [5.41, 5.74) is 0.0356. The van der Waals surface area contributed by atoms with E-state index in [0.717, 1.165) is 26.2 Å². The molecule has 0 saturated carbocycles. The predicted molar refractivity (Wildman–Crippen MR) is 92.6 cm³/mol. The summed E-state index contributed by atoms with van der Waals surface area (Å²) in [6.45, 7) is 7.65. The van der Waals surface area contributed by atoms with Crippen LogP contribution in [0.5, 0.6) is 0 Å². The lowest BCUT2D eigenvalue weighted by Gasteiger charge is -2.42. The molecule has 0 aliphatic carbocycles. The van der Waals surface area contributed by atoms with E-state index < -0.39 is 11.6 Å². The second-order valence-electron chi connectivity index (χ2n) is 6.60. The van der Waals surface area contributed by atoms with Gasteiger partial charge in [-0.25, -0.2) is 0 Å². The minimum Gasteiger partial charge on any atom is -0.387 e. The van der Waals surface area contributed by atoms with E-state index in [1.807, 2.05) is 26.0 Å². The van der Waals surface area contributed by atoms with Crippen molar-refractivity contribution in [3.05, 3.63) is 34.9 Å². The van der Waals surface area contributed by atoms with E-state index >= 15 is 0 Å². The molecule has 1 aromatic rings. The molecule has 1 aliphatic heterocycles. The SMILES string of the molecule is CN1CCN(C(C)(C)C(=O)NCC(O)c2ccccc2Cl)CC1. The van der Waals surface area contributed by atoms with Crippen LogP contribution in [-0.4, -0.2) is 66.1 Å². The molecule has 23 heavy (non-hydrogen) atoms. The molecule has 1 heterocycles. The Morgan fingerprint density at radius 2 is 1.91 bits per heavy atom. The van der Waals surface area contributed by atoms with Crippen LogP contribution in [0.15, 0.2) is 24.3 Å². The standard InChI is InChI=1S/C17H26ClN3O2/c1-17(2,21-10-8-20(3)9-11-21)16(23)19-12-15(22)13-6-4-5-7-14(13)18/h4-7,15,22H,8-12H2,1-3H3,(H,19,23). The Kier molecular flexibility index (Phi) is 6.03. The van der Waals surface area contributed by atoms with Gasteiger partial charge in [0.2, 0.25) is 5.91 Å². The van der Waals surface area contributed by atoms with Crippen LogP contribution in [0.4, 0.5) is 0 Å². The van der Waals surface area contributed by atoms with Crippen molar-refractivity contribution in [2.45, 2.75) is 25.5 Å². The average Bonchev–Trinajstić information content (AvgIpc) is 2.53. The smallest absolute Gasteiger partial charge is 0.240 e. The Labute approximate surface area is 143 Å². The van der Waals surface area contributed by atoms with E-state index in [1.165, 1.54) is 0 Å². The molecular weight excluding hydrogens is 314 g/mol. The molecule has 2 rings (SSSR count). The van der Waals surface area contributed by atoms with Crippen LogP contribution in [0.3, 0.4) is 0 Å². The molecule has 1 atom stereocenters. The number of likely N-dealkylation sites (N-methyl/N-ethyl adjacent to an activating group) is 1. The lowest BCUT2D eigenvalue weighted by Crippen LogP contribution is -2.60. The molecule has 0 bridgehead atoms. The lowest BCUT2D eigenvalue weighted by atomic mass is 10.00. The molecule has 6 heteroatoms. The van der Waals surface area contributed by atoms with Gasteiger partial charge in [-0.3, -0.25) is 9.69 Å². The summed E-state index contributed by atoms with van der Waals surface area (Å²) in [5, 5.41) is 13.6. The van der Waals surface area contributed by atoms with Crippen LogP contribution in [0.2, 0.25) is 5.02 Å². The van der Waals surface area contributed by atoms with Gasteiger partial charge in [-0.15, -0.1) is 0 Å². The number of nitrogens with one attached hydrogen (secondary N) is 1. The fourth-order valence-corrected chi connectivity index (χ4v) is 3.03. The molecule has 1 aromatic carbocycles. The first-order valence-corrected chi connectivity index (χ1v) is 8.34. The highest BCUT2D eigenvalue weighted by molar-refractivity contribution is 6.31. The second-order valence-corrected chi connectivity index (χ2v) is 7.00. The number of rotatable bonds is 5. The van der Waals surface area contributed by atoms with Crippen molar-refractivity contribution in [1.82, 2.24) is 15.1 Å². The van der Waals surface area contributed by atoms with Gasteiger partial charge in [0.1, 0.15) is 0 Å². The predicted octanol–water partition coefficient (Wildman–Crippen LogP) is 1.52. The minimum atomic E-state index is -0.809. The van der Waals surface area contributed by atoms with Crippen molar-refractivity contribution in [3.63, 3.8) is 0 Å². The number of benzene rings is 1. The van der Waals surface area contributed by atoms with Gasteiger partial charge in [0.25, 0.3) is 0 Å². The number of halogens is 1. The number of nitrogens with zero attached hydrogens (tertiary/aromatic N) is 2. The average molecular weight is 340 g/mol. The van der Waals surface area contributed by atoms with Gasteiger partial charge < -0.3 is 15.3 Å². The summed E-state index contributed by atoms with van der Waals surface area (Å²) in [5.74, 6) is -0.0758. The van der Waals surface area contributed by atoms with Crippen LogP contribution in [0, 0.1) is 0 Å². The van der Waals surface area contributed by atoms with Crippen molar-refractivity contribution in [1.29, 1.82) is 0 Å². The van der Waals surface area contributed by atoms with Gasteiger partial charge in [-0.2, -0.15) is 0 Å². The quantitative estimate of drug-likeness (QED) is 0.854. The summed E-state index contributed by atoms with van der Waals surface area (Å²) in [7, 11) is 2.09. The van der Waals surface area contributed by atoms with Gasteiger partial charge in [-0.05, 0) is 27.0 Å². The van der Waals surface area contributed by atoms with Crippen LogP contribution in [0.1, 0.15) is 25.5 Å². The molecule has 128 valence electrons. The summed E-state index contributed by atoms with van der Waals surface area (Å²) in [6, 6.07) is 7.13. The zero-order chi connectivity index (χ0) is 17.0. The zero-order valence-corrected chi connectivity index (χ0v) is 14.8. The minimum absolute atomic E-state index is 0.0758. The molecule has 0 radical (unpaired) electrons. The number of aliphatic hydroxyl groups is 1. The topological polar surface area (TPSA) is 55.8 Å². The van der Waals surface area contributed by atoms with Gasteiger partial charge in [0.05, 0.1) is 11.6 Å². The van der Waals surface area contributed by atoms with Crippen molar-refractivity contribution in [3.8, 4) is 0 Å². The fourth-order valence-electron chi connectivity index (χ4n) is 2.77. The number of amides is 1. The van der Waals surface area contributed by atoms with E-state index in [2.05, 4.69) is 22.2 Å². The highest BCUT2D eigenvalue weighted by atomic mass is 35.5. The third-order valence-electron chi connectivity index (χ3n) is 4.57. The summed E-state index contributed by atoms with van der Waals surface area (Å²) in [4.78, 5) is 17.0. The monoisotopic (exact) mass is 339 g/mol. The fraction of sp³-hybridized carbons (Fsp3) is 0.588. The number of piperazine rings is 1. The van der Waals surface area contributed by atoms with E-state index in [1.54, 1.807) is 12.1 Å². The molecule has 1 amide bonds. The number of aliphatic hydroxyl groups excluding tert-OH is 1. The normalized spacial score (nSPS) is 18.7. The van der Waals surface area contributed by atoms with E-state index in [-0.39, 0.29) is 12.5 Å². The van der Waals surface area contributed by atoms with Crippen LogP contribution >= 0.6 is 11.6 Å². The first kappa shape index (κ1) is 18.2. The Balaban J connectivity index is 1.92. The maximum atomic E-state index is 12.6. The molecule has 2 N–H and O–H groups in total. The van der Waals surface area contributed by atoms with Gasteiger partial charge >= 0.3 is 0 Å². The van der Waals surface area contributed by atoms with Crippen LogP contribution < -0.4 is 5.32 Å². The number of hydrogen-bond donors (Lipinski definition) is 2. The highest BCUT2D eigenvalue weighted by Crippen LogP contribution is 2.22. The van der Waals surface area contributed by atoms with Gasteiger partial charge in [0, 0.05) is 43.3 Å². The van der Waals surface area contributed by atoms with Crippen molar-refractivity contribution in [2.75, 3.05) is 39.8 Å². The summed E-state index contributed by atoms with van der Waals surface area (Å²) >= 11 is 6.07. The van der Waals surface area contributed by atoms with Crippen molar-refractivity contribution < 1.29 is 9.90 Å². The van der Waals surface area contributed by atoms with Crippen LogP contribution in [-0.2, 0) is 4.79 Å². The Morgan fingerprint density at radius 1 is 1.30 bits per heavy atom. The molecule has 1 aliphatic rings. The third kappa shape index (κ3) is 4.44. The van der Waals surface area contributed by atoms with Crippen molar-refractivity contribution in [2.24, 2.45) is 0 Å². The molecule has 1 fully saturated rings. The van der Waals surface area contributed by atoms with Gasteiger partial charge in [0.15, 0.2) is 0 Å². The lowest BCUT2D eigenvalue weighted by molar-refractivity contribution is -0.133. The Morgan fingerprint density at radius 3 is 2.52 bits per heavy atom. The molecule has 1 saturated heterocycles. The molecular formula is C17H26ClN3O2. The zero-order valence-electron chi connectivity index (χ0n) is 14.1. The van der Waals surface area contributed by atoms with Gasteiger partial charge in [-0.1, -0.05) is 29.8 Å². The molecule has 1 unspecified atom stereocenters. The summed E-state index contributed by atoms with van der Waals surface area (Å²) in [6.07, 6.45) is -0.809. The van der Waals surface area contributed by atoms with E-state index in [9.17, 15) is 9.90 Å².